The molecule has 3 rings (SSSR count). The second-order valence-corrected chi connectivity index (χ2v) is 5.80. The van der Waals surface area contributed by atoms with Gasteiger partial charge in [0.1, 0.15) is 6.04 Å². The fraction of sp³-hybridized carbons (Fsp3) is 0.375. The van der Waals surface area contributed by atoms with Gasteiger partial charge in [0.15, 0.2) is 0 Å². The maximum atomic E-state index is 11.3. The van der Waals surface area contributed by atoms with E-state index in [1.807, 2.05) is 29.1 Å². The van der Waals surface area contributed by atoms with E-state index in [1.165, 1.54) is 11.3 Å². The Morgan fingerprint density at radius 1 is 1.43 bits per heavy atom. The summed E-state index contributed by atoms with van der Waals surface area (Å²) in [5, 5.41) is 7.62. The first kappa shape index (κ1) is 13.7. The van der Waals surface area contributed by atoms with Crippen LogP contribution in [-0.4, -0.2) is 21.7 Å². The minimum Gasteiger partial charge on any atom is -0.373 e. The molecule has 3 N–H and O–H groups in total. The van der Waals surface area contributed by atoms with Gasteiger partial charge in [-0.05, 0) is 48.6 Å². The maximum Gasteiger partial charge on any atom is 0.239 e. The summed E-state index contributed by atoms with van der Waals surface area (Å²) in [5.41, 5.74) is 9.81. The lowest BCUT2D eigenvalue weighted by atomic mass is 9.97. The van der Waals surface area contributed by atoms with Gasteiger partial charge in [0, 0.05) is 17.6 Å². The Kier molecular flexibility index (Phi) is 3.41. The number of aryl methyl sites for hydroxylation is 1. The number of aromatic nitrogens is 2. The lowest BCUT2D eigenvalue weighted by Gasteiger charge is -2.25. The van der Waals surface area contributed by atoms with Crippen LogP contribution in [0.25, 0.3) is 5.69 Å². The van der Waals surface area contributed by atoms with Gasteiger partial charge in [0.2, 0.25) is 5.91 Å². The molecular formula is C16H20N4O. The number of primary amides is 1. The van der Waals surface area contributed by atoms with Crippen LogP contribution >= 0.6 is 0 Å². The Labute approximate surface area is 124 Å². The van der Waals surface area contributed by atoms with Crippen LogP contribution in [0.15, 0.2) is 30.5 Å². The van der Waals surface area contributed by atoms with Gasteiger partial charge in [-0.25, -0.2) is 4.68 Å². The molecule has 1 aromatic carbocycles. The largest absolute Gasteiger partial charge is 0.373 e. The van der Waals surface area contributed by atoms with Crippen LogP contribution in [0.1, 0.15) is 37.4 Å². The van der Waals surface area contributed by atoms with E-state index in [1.54, 1.807) is 0 Å². The Hall–Kier alpha value is -2.30. The Balaban J connectivity index is 1.94. The molecule has 2 heterocycles. The van der Waals surface area contributed by atoms with Crippen LogP contribution in [0.3, 0.4) is 0 Å². The first-order valence-corrected chi connectivity index (χ1v) is 7.29. The van der Waals surface area contributed by atoms with Crippen molar-refractivity contribution in [1.29, 1.82) is 0 Å². The topological polar surface area (TPSA) is 72.9 Å². The number of fused-ring (bicyclic) bond motifs is 1. The van der Waals surface area contributed by atoms with Crippen molar-refractivity contribution in [1.82, 2.24) is 9.78 Å². The molecule has 0 saturated heterocycles. The van der Waals surface area contributed by atoms with Gasteiger partial charge in [0.05, 0.1) is 5.69 Å². The molecule has 1 unspecified atom stereocenters. The third-order valence-electron chi connectivity index (χ3n) is 3.97. The van der Waals surface area contributed by atoms with Crippen LogP contribution in [-0.2, 0) is 11.2 Å². The lowest BCUT2D eigenvalue weighted by molar-refractivity contribution is -0.118. The highest BCUT2D eigenvalue weighted by atomic mass is 16.1. The van der Waals surface area contributed by atoms with Crippen molar-refractivity contribution in [2.24, 2.45) is 5.73 Å². The molecular weight excluding hydrogens is 264 g/mol. The number of hydrogen-bond donors (Lipinski definition) is 2. The van der Waals surface area contributed by atoms with Crippen molar-refractivity contribution in [2.75, 3.05) is 5.32 Å². The number of hydrogen-bond acceptors (Lipinski definition) is 3. The second kappa shape index (κ2) is 5.24. The molecule has 0 bridgehead atoms. The molecule has 0 aliphatic carbocycles. The van der Waals surface area contributed by atoms with Crippen molar-refractivity contribution in [3.05, 3.63) is 41.7 Å². The van der Waals surface area contributed by atoms with Gasteiger partial charge < -0.3 is 11.1 Å². The molecule has 2 aromatic rings. The third kappa shape index (κ3) is 2.51. The van der Waals surface area contributed by atoms with E-state index in [4.69, 9.17) is 5.73 Å². The number of amides is 1. The SMILES string of the molecule is CC(C)c1ccnn1-c1ccc2c(c1)CCC(C(N)=O)N2. The molecule has 0 spiro atoms. The van der Waals surface area contributed by atoms with Crippen LogP contribution < -0.4 is 11.1 Å². The Morgan fingerprint density at radius 2 is 2.24 bits per heavy atom. The van der Waals surface area contributed by atoms with Gasteiger partial charge >= 0.3 is 0 Å². The zero-order valence-corrected chi connectivity index (χ0v) is 12.3. The lowest BCUT2D eigenvalue weighted by Crippen LogP contribution is -2.38. The number of nitrogens with one attached hydrogen (secondary N) is 1. The quantitative estimate of drug-likeness (QED) is 0.907. The second-order valence-electron chi connectivity index (χ2n) is 5.80. The van der Waals surface area contributed by atoms with Gasteiger partial charge in [0.25, 0.3) is 0 Å². The highest BCUT2D eigenvalue weighted by Crippen LogP contribution is 2.28. The molecule has 110 valence electrons. The summed E-state index contributed by atoms with van der Waals surface area (Å²) in [6.07, 6.45) is 3.42. The van der Waals surface area contributed by atoms with Crippen molar-refractivity contribution < 1.29 is 4.79 Å². The first-order valence-electron chi connectivity index (χ1n) is 7.29. The minimum absolute atomic E-state index is 0.265. The van der Waals surface area contributed by atoms with Crippen molar-refractivity contribution in [2.45, 2.75) is 38.6 Å². The van der Waals surface area contributed by atoms with E-state index >= 15 is 0 Å². The van der Waals surface area contributed by atoms with Crippen molar-refractivity contribution in [3.63, 3.8) is 0 Å². The summed E-state index contributed by atoms with van der Waals surface area (Å²) in [6.45, 7) is 4.32. The number of anilines is 1. The molecule has 0 radical (unpaired) electrons. The molecule has 1 aliphatic heterocycles. The highest BCUT2D eigenvalue weighted by Gasteiger charge is 2.22. The summed E-state index contributed by atoms with van der Waals surface area (Å²) < 4.78 is 1.98. The number of benzene rings is 1. The molecule has 5 nitrogen and oxygen atoms in total. The number of carbonyl (C=O) groups excluding carboxylic acids is 1. The number of carbonyl (C=O) groups is 1. The summed E-state index contributed by atoms with van der Waals surface area (Å²) in [6, 6.07) is 7.95. The molecule has 0 saturated carbocycles. The van der Waals surface area contributed by atoms with E-state index in [2.05, 4.69) is 30.3 Å². The van der Waals surface area contributed by atoms with Crippen LogP contribution in [0.5, 0.6) is 0 Å². The van der Waals surface area contributed by atoms with Gasteiger partial charge in [-0.1, -0.05) is 13.8 Å². The normalized spacial score (nSPS) is 17.4. The van der Waals surface area contributed by atoms with Crippen LogP contribution in [0.4, 0.5) is 5.69 Å². The number of rotatable bonds is 3. The van der Waals surface area contributed by atoms with Crippen LogP contribution in [0, 0.1) is 0 Å². The molecule has 21 heavy (non-hydrogen) atoms. The van der Waals surface area contributed by atoms with Crippen molar-refractivity contribution >= 4 is 11.6 Å². The average molecular weight is 284 g/mol. The maximum absolute atomic E-state index is 11.3. The van der Waals surface area contributed by atoms with Crippen molar-refractivity contribution in [3.8, 4) is 5.69 Å². The van der Waals surface area contributed by atoms with E-state index in [0.717, 1.165) is 24.2 Å². The fourth-order valence-corrected chi connectivity index (χ4v) is 2.80. The monoisotopic (exact) mass is 284 g/mol. The molecule has 1 atom stereocenters. The average Bonchev–Trinajstić information content (AvgIpc) is 2.95. The summed E-state index contributed by atoms with van der Waals surface area (Å²) in [5.74, 6) is 0.125. The zero-order valence-electron chi connectivity index (χ0n) is 12.3. The van der Waals surface area contributed by atoms with E-state index in [9.17, 15) is 4.79 Å². The number of nitrogens with two attached hydrogens (primary N) is 1. The van der Waals surface area contributed by atoms with Gasteiger partial charge in [-0.15, -0.1) is 0 Å². The van der Waals surface area contributed by atoms with E-state index in [0.29, 0.717) is 5.92 Å². The Morgan fingerprint density at radius 3 is 2.95 bits per heavy atom. The molecule has 1 aromatic heterocycles. The predicted molar refractivity (Wildman–Crippen MR) is 82.6 cm³/mol. The van der Waals surface area contributed by atoms with E-state index < -0.39 is 0 Å². The summed E-state index contributed by atoms with van der Waals surface area (Å²) in [7, 11) is 0. The van der Waals surface area contributed by atoms with Crippen LogP contribution in [0.2, 0.25) is 0 Å². The fourth-order valence-electron chi connectivity index (χ4n) is 2.80. The standard InChI is InChI=1S/C16H20N4O/c1-10(2)15-7-8-18-20(15)12-4-6-13-11(9-12)3-5-14(19-13)16(17)21/h4,6-10,14,19H,3,5H2,1-2H3,(H2,17,21). The van der Waals surface area contributed by atoms with Gasteiger partial charge in [-0.3, -0.25) is 4.79 Å². The molecule has 1 amide bonds. The molecule has 1 aliphatic rings. The minimum atomic E-state index is -0.293. The third-order valence-corrected chi connectivity index (χ3v) is 3.97. The predicted octanol–water partition coefficient (Wildman–Crippen LogP) is 2.21. The Bertz CT molecular complexity index is 675. The smallest absolute Gasteiger partial charge is 0.239 e. The number of nitrogens with zero attached hydrogens (tertiary/aromatic N) is 2. The van der Waals surface area contributed by atoms with Gasteiger partial charge in [-0.2, -0.15) is 5.10 Å². The molecule has 0 fully saturated rings. The first-order chi connectivity index (χ1) is 10.1. The summed E-state index contributed by atoms with van der Waals surface area (Å²) >= 11 is 0. The van der Waals surface area contributed by atoms with E-state index in [-0.39, 0.29) is 11.9 Å². The molecule has 5 heteroatoms. The summed E-state index contributed by atoms with van der Waals surface area (Å²) in [4.78, 5) is 11.3. The highest BCUT2D eigenvalue weighted by molar-refractivity contribution is 5.84. The zero-order chi connectivity index (χ0) is 15.0.